The smallest absolute Gasteiger partial charge is 0.399 e. The van der Waals surface area contributed by atoms with E-state index >= 15 is 0 Å². The SMILES string of the molecule is CC1(C)OB(c2ccc3c(ccn3C3CCOCC3)c2)OC1(C)C. The molecule has 5 heteroatoms. The Labute approximate surface area is 144 Å². The highest BCUT2D eigenvalue weighted by molar-refractivity contribution is 6.62. The Kier molecular flexibility index (Phi) is 3.79. The van der Waals surface area contributed by atoms with Crippen LogP contribution in [0.1, 0.15) is 46.6 Å². The average Bonchev–Trinajstić information content (AvgIpc) is 3.06. The fourth-order valence-electron chi connectivity index (χ4n) is 3.59. The Morgan fingerprint density at radius 1 is 1.00 bits per heavy atom. The molecule has 2 aliphatic heterocycles. The van der Waals surface area contributed by atoms with E-state index in [2.05, 4.69) is 62.7 Å². The van der Waals surface area contributed by atoms with E-state index in [1.54, 1.807) is 0 Å². The Morgan fingerprint density at radius 2 is 1.67 bits per heavy atom. The van der Waals surface area contributed by atoms with Gasteiger partial charge in [-0.1, -0.05) is 12.1 Å². The maximum Gasteiger partial charge on any atom is 0.494 e. The van der Waals surface area contributed by atoms with E-state index in [-0.39, 0.29) is 18.3 Å². The number of rotatable bonds is 2. The predicted octanol–water partition coefficient (Wildman–Crippen LogP) is 3.29. The molecule has 3 heterocycles. The average molecular weight is 327 g/mol. The van der Waals surface area contributed by atoms with Gasteiger partial charge in [0.15, 0.2) is 0 Å². The second-order valence-electron chi connectivity index (χ2n) is 7.97. The second-order valence-corrected chi connectivity index (χ2v) is 7.97. The summed E-state index contributed by atoms with van der Waals surface area (Å²) in [4.78, 5) is 0. The number of ether oxygens (including phenoxy) is 1. The summed E-state index contributed by atoms with van der Waals surface area (Å²) in [6, 6.07) is 9.28. The molecule has 0 bridgehead atoms. The van der Waals surface area contributed by atoms with Gasteiger partial charge >= 0.3 is 7.12 Å². The number of hydrogen-bond acceptors (Lipinski definition) is 3. The first-order chi connectivity index (χ1) is 11.4. The Bertz CT molecular complexity index is 730. The van der Waals surface area contributed by atoms with Crippen molar-refractivity contribution in [1.82, 2.24) is 4.57 Å². The molecule has 1 aromatic carbocycles. The third-order valence-corrected chi connectivity index (χ3v) is 5.85. The summed E-state index contributed by atoms with van der Waals surface area (Å²) in [6.07, 6.45) is 4.38. The second kappa shape index (κ2) is 5.62. The van der Waals surface area contributed by atoms with E-state index in [0.717, 1.165) is 31.5 Å². The first kappa shape index (κ1) is 16.2. The highest BCUT2D eigenvalue weighted by atomic mass is 16.7. The Morgan fingerprint density at radius 3 is 2.33 bits per heavy atom. The molecule has 4 nitrogen and oxygen atoms in total. The summed E-state index contributed by atoms with van der Waals surface area (Å²) in [6.45, 7) is 10.1. The highest BCUT2D eigenvalue weighted by Gasteiger charge is 2.51. The van der Waals surface area contributed by atoms with Crippen molar-refractivity contribution in [2.24, 2.45) is 0 Å². The lowest BCUT2D eigenvalue weighted by molar-refractivity contribution is 0.00578. The molecule has 0 saturated carbocycles. The maximum absolute atomic E-state index is 6.18. The van der Waals surface area contributed by atoms with E-state index < -0.39 is 0 Å². The molecule has 2 aromatic rings. The third kappa shape index (κ3) is 2.59. The summed E-state index contributed by atoms with van der Waals surface area (Å²) < 4.78 is 20.2. The number of aromatic nitrogens is 1. The molecule has 4 rings (SSSR count). The standard InChI is InChI=1S/C19H26BNO3/c1-18(2)19(3,4)24-20(23-18)15-5-6-17-14(13-15)7-10-21(17)16-8-11-22-12-9-16/h5-7,10,13,16H,8-9,11-12H2,1-4H3. The molecule has 2 saturated heterocycles. The molecule has 0 N–H and O–H groups in total. The van der Waals surface area contributed by atoms with Gasteiger partial charge in [-0.15, -0.1) is 0 Å². The van der Waals surface area contributed by atoms with Crippen LogP contribution in [0.2, 0.25) is 0 Å². The number of nitrogens with zero attached hydrogens (tertiary/aromatic N) is 1. The summed E-state index contributed by atoms with van der Waals surface area (Å²) in [5.41, 5.74) is 1.76. The highest BCUT2D eigenvalue weighted by Crippen LogP contribution is 2.36. The lowest BCUT2D eigenvalue weighted by atomic mass is 9.78. The molecule has 0 aliphatic carbocycles. The Balaban J connectivity index is 1.63. The molecule has 0 amide bonds. The molecular weight excluding hydrogens is 301 g/mol. The monoisotopic (exact) mass is 327 g/mol. The normalized spacial score (nSPS) is 23.9. The lowest BCUT2D eigenvalue weighted by Crippen LogP contribution is -2.41. The minimum absolute atomic E-state index is 0.300. The summed E-state index contributed by atoms with van der Waals surface area (Å²) >= 11 is 0. The zero-order valence-corrected chi connectivity index (χ0v) is 15.0. The van der Waals surface area contributed by atoms with Crippen LogP contribution < -0.4 is 5.46 Å². The first-order valence-corrected chi connectivity index (χ1v) is 8.91. The van der Waals surface area contributed by atoms with Crippen molar-refractivity contribution in [1.29, 1.82) is 0 Å². The van der Waals surface area contributed by atoms with Crippen molar-refractivity contribution >= 4 is 23.5 Å². The lowest BCUT2D eigenvalue weighted by Gasteiger charge is -2.32. The zero-order chi connectivity index (χ0) is 16.9. The van der Waals surface area contributed by atoms with Gasteiger partial charge in [-0.3, -0.25) is 0 Å². The molecule has 0 unspecified atom stereocenters. The fourth-order valence-corrected chi connectivity index (χ4v) is 3.59. The number of fused-ring (bicyclic) bond motifs is 1. The van der Waals surface area contributed by atoms with Crippen molar-refractivity contribution in [3.05, 3.63) is 30.5 Å². The molecule has 2 aliphatic rings. The van der Waals surface area contributed by atoms with E-state index in [4.69, 9.17) is 14.0 Å². The van der Waals surface area contributed by atoms with Gasteiger partial charge in [0.1, 0.15) is 0 Å². The van der Waals surface area contributed by atoms with Crippen LogP contribution >= 0.6 is 0 Å². The first-order valence-electron chi connectivity index (χ1n) is 8.91. The van der Waals surface area contributed by atoms with Gasteiger partial charge in [0.25, 0.3) is 0 Å². The van der Waals surface area contributed by atoms with Crippen LogP contribution in [0.3, 0.4) is 0 Å². The van der Waals surface area contributed by atoms with Crippen LogP contribution in [0.15, 0.2) is 30.5 Å². The largest absolute Gasteiger partial charge is 0.494 e. The van der Waals surface area contributed by atoms with Crippen LogP contribution in [0.4, 0.5) is 0 Å². The molecule has 0 atom stereocenters. The van der Waals surface area contributed by atoms with E-state index in [1.807, 2.05) is 0 Å². The van der Waals surface area contributed by atoms with E-state index in [1.165, 1.54) is 10.9 Å². The van der Waals surface area contributed by atoms with Gasteiger partial charge in [0, 0.05) is 31.0 Å². The van der Waals surface area contributed by atoms with Crippen molar-refractivity contribution in [3.8, 4) is 0 Å². The molecule has 0 radical (unpaired) electrons. The van der Waals surface area contributed by atoms with Crippen LogP contribution in [-0.2, 0) is 14.0 Å². The van der Waals surface area contributed by atoms with Crippen LogP contribution in [0.5, 0.6) is 0 Å². The van der Waals surface area contributed by atoms with E-state index in [9.17, 15) is 0 Å². The van der Waals surface area contributed by atoms with Crippen LogP contribution in [0.25, 0.3) is 10.9 Å². The zero-order valence-electron chi connectivity index (χ0n) is 15.0. The van der Waals surface area contributed by atoms with Crippen LogP contribution in [0, 0.1) is 0 Å². The van der Waals surface area contributed by atoms with Crippen molar-refractivity contribution < 1.29 is 14.0 Å². The molecule has 2 fully saturated rings. The van der Waals surface area contributed by atoms with Gasteiger partial charge in [0.2, 0.25) is 0 Å². The summed E-state index contributed by atoms with van der Waals surface area (Å²) in [5, 5.41) is 1.24. The minimum atomic E-state index is -0.305. The molecule has 0 spiro atoms. The Hall–Kier alpha value is -1.30. The van der Waals surface area contributed by atoms with Gasteiger partial charge in [-0.2, -0.15) is 0 Å². The van der Waals surface area contributed by atoms with Crippen molar-refractivity contribution in [2.75, 3.05) is 13.2 Å². The third-order valence-electron chi connectivity index (χ3n) is 5.85. The number of benzene rings is 1. The molecule has 1 aromatic heterocycles. The van der Waals surface area contributed by atoms with Gasteiger partial charge in [-0.25, -0.2) is 0 Å². The summed E-state index contributed by atoms with van der Waals surface area (Å²) in [7, 11) is -0.300. The molecular formula is C19H26BNO3. The van der Waals surface area contributed by atoms with Crippen LogP contribution in [-0.4, -0.2) is 36.1 Å². The van der Waals surface area contributed by atoms with Crippen molar-refractivity contribution in [2.45, 2.75) is 57.8 Å². The minimum Gasteiger partial charge on any atom is -0.399 e. The summed E-state index contributed by atoms with van der Waals surface area (Å²) in [5.74, 6) is 0. The number of hydrogen-bond donors (Lipinski definition) is 0. The van der Waals surface area contributed by atoms with Gasteiger partial charge < -0.3 is 18.6 Å². The molecule has 24 heavy (non-hydrogen) atoms. The van der Waals surface area contributed by atoms with Gasteiger partial charge in [0.05, 0.1) is 11.2 Å². The maximum atomic E-state index is 6.18. The van der Waals surface area contributed by atoms with E-state index in [0.29, 0.717) is 6.04 Å². The van der Waals surface area contributed by atoms with Gasteiger partial charge in [-0.05, 0) is 63.5 Å². The quantitative estimate of drug-likeness (QED) is 0.794. The molecule has 128 valence electrons. The van der Waals surface area contributed by atoms with Crippen molar-refractivity contribution in [3.63, 3.8) is 0 Å². The predicted molar refractivity (Wildman–Crippen MR) is 96.7 cm³/mol. The fraction of sp³-hybridized carbons (Fsp3) is 0.579. The topological polar surface area (TPSA) is 32.6 Å².